The molecule has 0 fully saturated rings. The molecule has 1 aromatic heterocycles. The fourth-order valence-electron chi connectivity index (χ4n) is 3.26. The van der Waals surface area contributed by atoms with E-state index in [9.17, 15) is 14.4 Å². The monoisotopic (exact) mass is 392 g/mol. The van der Waals surface area contributed by atoms with Crippen LogP contribution in [0.15, 0.2) is 57.7 Å². The van der Waals surface area contributed by atoms with E-state index in [0.717, 1.165) is 0 Å². The number of hydrogen-bond donors (Lipinski definition) is 1. The summed E-state index contributed by atoms with van der Waals surface area (Å²) in [4.78, 5) is 38.8. The topological polar surface area (TPSA) is 88.8 Å². The number of para-hydroxylation sites is 1. The maximum Gasteiger partial charge on any atom is 0.349 e. The molecule has 2 amide bonds. The molecule has 1 aliphatic rings. The summed E-state index contributed by atoms with van der Waals surface area (Å²) in [6.07, 6.45) is 0. The van der Waals surface area contributed by atoms with Gasteiger partial charge in [-0.2, -0.15) is 0 Å². The van der Waals surface area contributed by atoms with Crippen molar-refractivity contribution in [3.05, 3.63) is 64.5 Å². The van der Waals surface area contributed by atoms with Crippen LogP contribution < -0.4 is 20.6 Å². The highest BCUT2D eigenvalue weighted by atomic mass is 16.5. The van der Waals surface area contributed by atoms with Crippen LogP contribution in [0, 0.1) is 5.92 Å². The SMILES string of the molecule is CC(C)CN1C(=O)COc2ccc(NC(=O)c3cc4ccccc4oc3=O)cc21. The molecule has 7 heteroatoms. The van der Waals surface area contributed by atoms with E-state index in [4.69, 9.17) is 9.15 Å². The number of ether oxygens (including phenoxy) is 1. The second-order valence-electron chi connectivity index (χ2n) is 7.31. The number of benzene rings is 2. The molecular formula is C22H20N2O5. The highest BCUT2D eigenvalue weighted by Crippen LogP contribution is 2.35. The van der Waals surface area contributed by atoms with Crippen LogP contribution in [0.25, 0.3) is 11.0 Å². The Hall–Kier alpha value is -3.61. The zero-order chi connectivity index (χ0) is 20.5. The number of carbonyl (C=O) groups excluding carboxylic acids is 2. The number of nitrogens with one attached hydrogen (secondary N) is 1. The van der Waals surface area contributed by atoms with Crippen molar-refractivity contribution in [3.8, 4) is 5.75 Å². The largest absolute Gasteiger partial charge is 0.482 e. The molecular weight excluding hydrogens is 372 g/mol. The van der Waals surface area contributed by atoms with Crippen LogP contribution in [-0.2, 0) is 4.79 Å². The second kappa shape index (κ2) is 7.43. The molecule has 0 bridgehead atoms. The van der Waals surface area contributed by atoms with Gasteiger partial charge in [0.2, 0.25) is 0 Å². The average Bonchev–Trinajstić information content (AvgIpc) is 2.69. The summed E-state index contributed by atoms with van der Waals surface area (Å²) in [7, 11) is 0. The number of hydrogen-bond acceptors (Lipinski definition) is 5. The summed E-state index contributed by atoms with van der Waals surface area (Å²) >= 11 is 0. The van der Waals surface area contributed by atoms with Crippen molar-refractivity contribution in [1.29, 1.82) is 0 Å². The summed E-state index contributed by atoms with van der Waals surface area (Å²) in [6.45, 7) is 4.57. The molecule has 29 heavy (non-hydrogen) atoms. The normalized spacial score (nSPS) is 13.3. The first-order valence-corrected chi connectivity index (χ1v) is 9.34. The van der Waals surface area contributed by atoms with Gasteiger partial charge in [0, 0.05) is 17.6 Å². The number of nitrogens with zero attached hydrogens (tertiary/aromatic N) is 1. The van der Waals surface area contributed by atoms with Gasteiger partial charge in [-0.05, 0) is 36.2 Å². The number of rotatable bonds is 4. The Labute approximate surface area is 166 Å². The Kier molecular flexibility index (Phi) is 4.80. The lowest BCUT2D eigenvalue weighted by atomic mass is 10.1. The molecule has 2 aromatic carbocycles. The summed E-state index contributed by atoms with van der Waals surface area (Å²) in [6, 6.07) is 13.5. The lowest BCUT2D eigenvalue weighted by Gasteiger charge is -2.31. The van der Waals surface area contributed by atoms with Gasteiger partial charge >= 0.3 is 5.63 Å². The van der Waals surface area contributed by atoms with Crippen LogP contribution >= 0.6 is 0 Å². The smallest absolute Gasteiger partial charge is 0.349 e. The Balaban J connectivity index is 1.64. The Morgan fingerprint density at radius 2 is 1.93 bits per heavy atom. The predicted octanol–water partition coefficient (Wildman–Crippen LogP) is 3.43. The molecule has 148 valence electrons. The van der Waals surface area contributed by atoms with Gasteiger partial charge in [-0.1, -0.05) is 32.0 Å². The third kappa shape index (κ3) is 3.71. The molecule has 0 spiro atoms. The van der Waals surface area contributed by atoms with Crippen molar-refractivity contribution < 1.29 is 18.7 Å². The molecule has 0 atom stereocenters. The quantitative estimate of drug-likeness (QED) is 0.687. The van der Waals surface area contributed by atoms with Gasteiger partial charge in [0.25, 0.3) is 11.8 Å². The molecule has 2 heterocycles. The van der Waals surface area contributed by atoms with Crippen molar-refractivity contribution in [2.24, 2.45) is 5.92 Å². The number of amides is 2. The number of carbonyl (C=O) groups is 2. The van der Waals surface area contributed by atoms with Crippen LogP contribution in [0.3, 0.4) is 0 Å². The summed E-state index contributed by atoms with van der Waals surface area (Å²) in [5.74, 6) is 0.131. The average molecular weight is 392 g/mol. The van der Waals surface area contributed by atoms with Crippen LogP contribution in [0.5, 0.6) is 5.75 Å². The van der Waals surface area contributed by atoms with E-state index in [1.807, 2.05) is 13.8 Å². The zero-order valence-corrected chi connectivity index (χ0v) is 16.1. The molecule has 0 aliphatic carbocycles. The molecule has 0 radical (unpaired) electrons. The van der Waals surface area contributed by atoms with Crippen LogP contribution in [0.4, 0.5) is 11.4 Å². The summed E-state index contributed by atoms with van der Waals surface area (Å²) in [5.41, 5.74) is 0.668. The van der Waals surface area contributed by atoms with E-state index in [-0.39, 0.29) is 24.0 Å². The lowest BCUT2D eigenvalue weighted by molar-refractivity contribution is -0.121. The van der Waals surface area contributed by atoms with Crippen molar-refractivity contribution in [2.45, 2.75) is 13.8 Å². The van der Waals surface area contributed by atoms with E-state index >= 15 is 0 Å². The van der Waals surface area contributed by atoms with E-state index < -0.39 is 11.5 Å². The van der Waals surface area contributed by atoms with E-state index in [1.165, 1.54) is 6.07 Å². The Bertz CT molecular complexity index is 1170. The van der Waals surface area contributed by atoms with E-state index in [1.54, 1.807) is 47.4 Å². The van der Waals surface area contributed by atoms with Crippen molar-refractivity contribution >= 4 is 34.2 Å². The first kappa shape index (κ1) is 18.7. The third-order valence-electron chi connectivity index (χ3n) is 4.59. The maximum atomic E-state index is 12.7. The second-order valence-corrected chi connectivity index (χ2v) is 7.31. The minimum atomic E-state index is -0.709. The van der Waals surface area contributed by atoms with Gasteiger partial charge in [-0.3, -0.25) is 9.59 Å². The predicted molar refractivity (Wildman–Crippen MR) is 110 cm³/mol. The standard InChI is InChI=1S/C22H20N2O5/c1-13(2)11-24-17-10-15(7-8-19(17)28-12-20(24)25)23-21(26)16-9-14-5-3-4-6-18(14)29-22(16)27/h3-10,13H,11-12H2,1-2H3,(H,23,26). The number of anilines is 2. The fourth-order valence-corrected chi connectivity index (χ4v) is 3.26. The Morgan fingerprint density at radius 1 is 1.14 bits per heavy atom. The summed E-state index contributed by atoms with van der Waals surface area (Å²) < 4.78 is 10.7. The van der Waals surface area contributed by atoms with Crippen molar-refractivity contribution in [3.63, 3.8) is 0 Å². The van der Waals surface area contributed by atoms with E-state index in [0.29, 0.717) is 34.6 Å². The third-order valence-corrected chi connectivity index (χ3v) is 4.59. The van der Waals surface area contributed by atoms with Gasteiger partial charge in [-0.25, -0.2) is 4.79 Å². The number of fused-ring (bicyclic) bond motifs is 2. The molecule has 0 saturated heterocycles. The van der Waals surface area contributed by atoms with E-state index in [2.05, 4.69) is 5.32 Å². The minimum Gasteiger partial charge on any atom is -0.482 e. The lowest BCUT2D eigenvalue weighted by Crippen LogP contribution is -2.41. The van der Waals surface area contributed by atoms with Crippen LogP contribution in [0.1, 0.15) is 24.2 Å². The van der Waals surface area contributed by atoms with Gasteiger partial charge in [0.15, 0.2) is 6.61 Å². The van der Waals surface area contributed by atoms with Gasteiger partial charge < -0.3 is 19.4 Å². The molecule has 3 aromatic rings. The zero-order valence-electron chi connectivity index (χ0n) is 16.1. The molecule has 4 rings (SSSR count). The van der Waals surface area contributed by atoms with Crippen molar-refractivity contribution in [1.82, 2.24) is 0 Å². The molecule has 0 saturated carbocycles. The van der Waals surface area contributed by atoms with Crippen molar-refractivity contribution in [2.75, 3.05) is 23.4 Å². The Morgan fingerprint density at radius 3 is 2.72 bits per heavy atom. The summed E-state index contributed by atoms with van der Waals surface area (Å²) in [5, 5.41) is 3.37. The first-order valence-electron chi connectivity index (χ1n) is 9.34. The van der Waals surface area contributed by atoms with Gasteiger partial charge in [0.1, 0.15) is 16.9 Å². The highest BCUT2D eigenvalue weighted by Gasteiger charge is 2.26. The first-order chi connectivity index (χ1) is 13.9. The fraction of sp³-hybridized carbons (Fsp3) is 0.227. The van der Waals surface area contributed by atoms with Crippen LogP contribution in [0.2, 0.25) is 0 Å². The van der Waals surface area contributed by atoms with Gasteiger partial charge in [0.05, 0.1) is 5.69 Å². The van der Waals surface area contributed by atoms with Gasteiger partial charge in [-0.15, -0.1) is 0 Å². The molecule has 1 aliphatic heterocycles. The highest BCUT2D eigenvalue weighted by molar-refractivity contribution is 6.06. The molecule has 0 unspecified atom stereocenters. The maximum absolute atomic E-state index is 12.7. The minimum absolute atomic E-state index is 0.0104. The van der Waals surface area contributed by atoms with Crippen LogP contribution in [-0.4, -0.2) is 25.0 Å². The molecule has 7 nitrogen and oxygen atoms in total. The molecule has 1 N–H and O–H groups in total.